The molecule has 0 aliphatic carbocycles. The molecule has 0 bridgehead atoms. The van der Waals surface area contributed by atoms with Gasteiger partial charge in [0.1, 0.15) is 11.9 Å². The predicted octanol–water partition coefficient (Wildman–Crippen LogP) is 1.92. The fourth-order valence-electron chi connectivity index (χ4n) is 1.60. The van der Waals surface area contributed by atoms with Crippen molar-refractivity contribution in [2.45, 2.75) is 13.0 Å². The van der Waals surface area contributed by atoms with Gasteiger partial charge in [0.05, 0.1) is 19.1 Å². The molecule has 1 atom stereocenters. The Bertz CT molecular complexity index is 590. The zero-order chi connectivity index (χ0) is 14.8. The van der Waals surface area contributed by atoms with E-state index in [1.165, 1.54) is 19.1 Å². The highest BCUT2D eigenvalue weighted by atomic mass is 79.9. The minimum absolute atomic E-state index is 0.205. The molecule has 1 rings (SSSR count). The van der Waals surface area contributed by atoms with Gasteiger partial charge in [-0.3, -0.25) is 4.31 Å². The number of nitrogens with zero attached hydrogens (tertiary/aromatic N) is 1. The number of halogens is 2. The first-order valence-corrected chi connectivity index (χ1v) is 7.85. The normalized spacial score (nSPS) is 12.9. The number of sulfonamides is 1. The van der Waals surface area contributed by atoms with Gasteiger partial charge in [-0.05, 0) is 25.1 Å². The highest BCUT2D eigenvalue weighted by molar-refractivity contribution is 9.10. The van der Waals surface area contributed by atoms with Crippen LogP contribution in [0.15, 0.2) is 22.7 Å². The number of anilines is 1. The lowest BCUT2D eigenvalue weighted by atomic mass is 10.2. The van der Waals surface area contributed by atoms with E-state index >= 15 is 0 Å². The molecule has 0 aliphatic rings. The van der Waals surface area contributed by atoms with Crippen molar-refractivity contribution in [3.8, 4) is 0 Å². The summed E-state index contributed by atoms with van der Waals surface area (Å²) in [5.41, 5.74) is -0.205. The molecule has 19 heavy (non-hydrogen) atoms. The molecule has 0 unspecified atom stereocenters. The number of esters is 1. The molecule has 0 aliphatic heterocycles. The first-order chi connectivity index (χ1) is 8.68. The van der Waals surface area contributed by atoms with Crippen molar-refractivity contribution in [3.05, 3.63) is 28.5 Å². The summed E-state index contributed by atoms with van der Waals surface area (Å²) in [6.07, 6.45) is 0.897. The number of hydrogen-bond donors (Lipinski definition) is 0. The highest BCUT2D eigenvalue weighted by Crippen LogP contribution is 2.27. The molecule has 0 N–H and O–H groups in total. The molecule has 0 saturated carbocycles. The van der Waals surface area contributed by atoms with Crippen molar-refractivity contribution in [2.24, 2.45) is 0 Å². The molecule has 0 fully saturated rings. The van der Waals surface area contributed by atoms with E-state index in [-0.39, 0.29) is 5.69 Å². The van der Waals surface area contributed by atoms with Gasteiger partial charge in [-0.25, -0.2) is 17.6 Å². The van der Waals surface area contributed by atoms with Crippen LogP contribution in [-0.2, 0) is 19.6 Å². The Morgan fingerprint density at radius 1 is 1.47 bits per heavy atom. The third-order valence-electron chi connectivity index (χ3n) is 2.40. The van der Waals surface area contributed by atoms with Gasteiger partial charge in [-0.15, -0.1) is 0 Å². The molecule has 0 radical (unpaired) electrons. The van der Waals surface area contributed by atoms with Crippen LogP contribution in [0.5, 0.6) is 0 Å². The molecule has 0 saturated heterocycles. The maximum atomic E-state index is 13.9. The molecular weight excluding hydrogens is 341 g/mol. The lowest BCUT2D eigenvalue weighted by Gasteiger charge is -2.27. The molecule has 106 valence electrons. The summed E-state index contributed by atoms with van der Waals surface area (Å²) >= 11 is 3.08. The van der Waals surface area contributed by atoms with Crippen LogP contribution in [-0.4, -0.2) is 33.8 Å². The number of carbonyl (C=O) groups is 1. The van der Waals surface area contributed by atoms with Gasteiger partial charge in [0.25, 0.3) is 0 Å². The van der Waals surface area contributed by atoms with Crippen molar-refractivity contribution in [3.63, 3.8) is 0 Å². The summed E-state index contributed by atoms with van der Waals surface area (Å²) in [4.78, 5) is 11.5. The molecule has 0 amide bonds. The Labute approximate surface area is 119 Å². The van der Waals surface area contributed by atoms with E-state index in [2.05, 4.69) is 20.7 Å². The van der Waals surface area contributed by atoms with Crippen LogP contribution in [0.3, 0.4) is 0 Å². The Kier molecular flexibility index (Phi) is 4.92. The average Bonchev–Trinajstić information content (AvgIpc) is 2.29. The Balaban J connectivity index is 3.37. The predicted molar refractivity (Wildman–Crippen MR) is 72.9 cm³/mol. The summed E-state index contributed by atoms with van der Waals surface area (Å²) in [5, 5.41) is 0. The van der Waals surface area contributed by atoms with Gasteiger partial charge >= 0.3 is 5.97 Å². The van der Waals surface area contributed by atoms with Crippen LogP contribution in [0.4, 0.5) is 10.1 Å². The topological polar surface area (TPSA) is 63.7 Å². The Hall–Kier alpha value is -1.15. The fourth-order valence-corrected chi connectivity index (χ4v) is 3.10. The standard InChI is InChI=1S/C11H13BrFNO4S/c1-7(11(15)18-2)14(19(3,16)17)10-5-4-8(12)6-9(10)13/h4-7H,1-3H3/t7-/m0/s1. The van der Waals surface area contributed by atoms with Gasteiger partial charge in [-0.2, -0.15) is 0 Å². The van der Waals surface area contributed by atoms with Crippen LogP contribution < -0.4 is 4.31 Å². The Morgan fingerprint density at radius 2 is 2.05 bits per heavy atom. The maximum Gasteiger partial charge on any atom is 0.329 e. The third-order valence-corrected chi connectivity index (χ3v) is 4.12. The van der Waals surface area contributed by atoms with E-state index in [4.69, 9.17) is 0 Å². The largest absolute Gasteiger partial charge is 0.467 e. The monoisotopic (exact) mass is 353 g/mol. The summed E-state index contributed by atoms with van der Waals surface area (Å²) in [7, 11) is -2.69. The van der Waals surface area contributed by atoms with E-state index in [1.807, 2.05) is 0 Å². The summed E-state index contributed by atoms with van der Waals surface area (Å²) < 4.78 is 43.1. The zero-order valence-corrected chi connectivity index (χ0v) is 13.0. The molecule has 5 nitrogen and oxygen atoms in total. The minimum Gasteiger partial charge on any atom is -0.467 e. The number of methoxy groups -OCH3 is 1. The second-order valence-electron chi connectivity index (χ2n) is 3.85. The van der Waals surface area contributed by atoms with Crippen LogP contribution in [0.2, 0.25) is 0 Å². The molecule has 8 heteroatoms. The van der Waals surface area contributed by atoms with E-state index < -0.39 is 27.9 Å². The second-order valence-corrected chi connectivity index (χ2v) is 6.63. The van der Waals surface area contributed by atoms with Gasteiger partial charge < -0.3 is 4.74 Å². The SMILES string of the molecule is COC(=O)[C@H](C)N(c1ccc(Br)cc1F)S(C)(=O)=O. The first kappa shape index (κ1) is 15.9. The van der Waals surface area contributed by atoms with Crippen LogP contribution in [0.25, 0.3) is 0 Å². The summed E-state index contributed by atoms with van der Waals surface area (Å²) in [6, 6.07) is 2.73. The molecule has 1 aromatic rings. The summed E-state index contributed by atoms with van der Waals surface area (Å²) in [5.74, 6) is -1.52. The van der Waals surface area contributed by atoms with E-state index in [0.29, 0.717) is 8.78 Å². The zero-order valence-electron chi connectivity index (χ0n) is 10.6. The summed E-state index contributed by atoms with van der Waals surface area (Å²) in [6.45, 7) is 1.33. The lowest BCUT2D eigenvalue weighted by molar-refractivity contribution is -0.141. The minimum atomic E-state index is -3.83. The smallest absolute Gasteiger partial charge is 0.329 e. The van der Waals surface area contributed by atoms with E-state index in [9.17, 15) is 17.6 Å². The molecule has 0 spiro atoms. The van der Waals surface area contributed by atoms with Gasteiger partial charge in [0, 0.05) is 4.47 Å². The quantitative estimate of drug-likeness (QED) is 0.775. The van der Waals surface area contributed by atoms with Crippen molar-refractivity contribution < 1.29 is 22.3 Å². The van der Waals surface area contributed by atoms with Gasteiger partial charge in [0.2, 0.25) is 10.0 Å². The molecular formula is C11H13BrFNO4S. The second kappa shape index (κ2) is 5.87. The van der Waals surface area contributed by atoms with E-state index in [1.54, 1.807) is 0 Å². The number of rotatable bonds is 4. The van der Waals surface area contributed by atoms with Crippen molar-refractivity contribution >= 4 is 37.6 Å². The molecule has 0 heterocycles. The maximum absolute atomic E-state index is 13.9. The Morgan fingerprint density at radius 3 is 2.47 bits per heavy atom. The highest BCUT2D eigenvalue weighted by Gasteiger charge is 2.31. The van der Waals surface area contributed by atoms with Crippen LogP contribution >= 0.6 is 15.9 Å². The molecule has 1 aromatic carbocycles. The number of ether oxygens (including phenoxy) is 1. The van der Waals surface area contributed by atoms with Crippen LogP contribution in [0, 0.1) is 5.82 Å². The van der Waals surface area contributed by atoms with Crippen LogP contribution in [0.1, 0.15) is 6.92 Å². The number of benzene rings is 1. The number of hydrogen-bond acceptors (Lipinski definition) is 4. The first-order valence-electron chi connectivity index (χ1n) is 5.20. The number of carbonyl (C=O) groups excluding carboxylic acids is 1. The van der Waals surface area contributed by atoms with Crippen molar-refractivity contribution in [1.82, 2.24) is 0 Å². The average molecular weight is 354 g/mol. The van der Waals surface area contributed by atoms with Gasteiger partial charge in [0.15, 0.2) is 0 Å². The van der Waals surface area contributed by atoms with E-state index in [0.717, 1.165) is 19.4 Å². The molecule has 0 aromatic heterocycles. The van der Waals surface area contributed by atoms with Crippen molar-refractivity contribution in [1.29, 1.82) is 0 Å². The fraction of sp³-hybridized carbons (Fsp3) is 0.364. The lowest BCUT2D eigenvalue weighted by Crippen LogP contribution is -2.43. The van der Waals surface area contributed by atoms with Crippen molar-refractivity contribution in [2.75, 3.05) is 17.7 Å². The van der Waals surface area contributed by atoms with Gasteiger partial charge in [-0.1, -0.05) is 15.9 Å². The third kappa shape index (κ3) is 3.66.